The normalized spacial score (nSPS) is 14.6. The van der Waals surface area contributed by atoms with E-state index >= 15 is 0 Å². The van der Waals surface area contributed by atoms with E-state index in [0.29, 0.717) is 24.1 Å². The molecule has 96 valence electrons. The van der Waals surface area contributed by atoms with Gasteiger partial charge in [-0.15, -0.1) is 0 Å². The Morgan fingerprint density at radius 2 is 2.12 bits per heavy atom. The standard InChI is InChI=1S/C13H20FNO2/c1-9-8-11(4-5-12(9)14)13(17)10(2)15-6-3-7-16/h4-5,8,10,13,15-17H,3,6-7H2,1-2H3. The lowest BCUT2D eigenvalue weighted by Gasteiger charge is -2.21. The molecule has 2 atom stereocenters. The highest BCUT2D eigenvalue weighted by Gasteiger charge is 2.16. The highest BCUT2D eigenvalue weighted by atomic mass is 19.1. The molecule has 1 rings (SSSR count). The van der Waals surface area contributed by atoms with E-state index in [4.69, 9.17) is 5.11 Å². The van der Waals surface area contributed by atoms with Crippen LogP contribution in [-0.4, -0.2) is 29.4 Å². The zero-order chi connectivity index (χ0) is 12.8. The van der Waals surface area contributed by atoms with Gasteiger partial charge >= 0.3 is 0 Å². The molecule has 1 aromatic rings. The molecule has 0 radical (unpaired) electrons. The van der Waals surface area contributed by atoms with E-state index < -0.39 is 6.10 Å². The summed E-state index contributed by atoms with van der Waals surface area (Å²) in [6.07, 6.45) is -0.0209. The van der Waals surface area contributed by atoms with Gasteiger partial charge in [-0.1, -0.05) is 12.1 Å². The summed E-state index contributed by atoms with van der Waals surface area (Å²) < 4.78 is 13.1. The fraction of sp³-hybridized carbons (Fsp3) is 0.538. The largest absolute Gasteiger partial charge is 0.396 e. The predicted molar refractivity (Wildman–Crippen MR) is 65.3 cm³/mol. The van der Waals surface area contributed by atoms with Gasteiger partial charge in [-0.2, -0.15) is 0 Å². The lowest BCUT2D eigenvalue weighted by Crippen LogP contribution is -2.33. The van der Waals surface area contributed by atoms with Gasteiger partial charge in [0, 0.05) is 12.6 Å². The van der Waals surface area contributed by atoms with Crippen LogP contribution in [0.4, 0.5) is 4.39 Å². The molecule has 4 heteroatoms. The van der Waals surface area contributed by atoms with Crippen LogP contribution < -0.4 is 5.32 Å². The molecule has 0 aliphatic carbocycles. The van der Waals surface area contributed by atoms with Gasteiger partial charge < -0.3 is 15.5 Å². The molecule has 0 spiro atoms. The molecule has 0 aliphatic rings. The number of rotatable bonds is 6. The maximum Gasteiger partial charge on any atom is 0.126 e. The Morgan fingerprint density at radius 1 is 1.41 bits per heavy atom. The Kier molecular flexibility index (Phi) is 5.55. The van der Waals surface area contributed by atoms with Crippen molar-refractivity contribution in [3.8, 4) is 0 Å². The fourth-order valence-electron chi connectivity index (χ4n) is 1.66. The second-order valence-corrected chi connectivity index (χ2v) is 4.27. The number of aliphatic hydroxyl groups is 2. The Balaban J connectivity index is 2.61. The van der Waals surface area contributed by atoms with Crippen molar-refractivity contribution < 1.29 is 14.6 Å². The van der Waals surface area contributed by atoms with E-state index in [0.717, 1.165) is 0 Å². The highest BCUT2D eigenvalue weighted by Crippen LogP contribution is 2.19. The smallest absolute Gasteiger partial charge is 0.126 e. The van der Waals surface area contributed by atoms with E-state index in [-0.39, 0.29) is 18.5 Å². The highest BCUT2D eigenvalue weighted by molar-refractivity contribution is 5.26. The molecule has 0 aliphatic heterocycles. The number of benzene rings is 1. The molecule has 0 fully saturated rings. The summed E-state index contributed by atoms with van der Waals surface area (Å²) in [5.74, 6) is -0.262. The molecule has 1 aromatic carbocycles. The van der Waals surface area contributed by atoms with E-state index in [1.165, 1.54) is 6.07 Å². The average molecular weight is 241 g/mol. The van der Waals surface area contributed by atoms with Crippen LogP contribution in [-0.2, 0) is 0 Å². The topological polar surface area (TPSA) is 52.5 Å². The third kappa shape index (κ3) is 4.07. The quantitative estimate of drug-likeness (QED) is 0.662. The maximum atomic E-state index is 13.1. The molecule has 0 heterocycles. The molecular formula is C13H20FNO2. The van der Waals surface area contributed by atoms with E-state index in [9.17, 15) is 9.50 Å². The first-order valence-corrected chi connectivity index (χ1v) is 5.84. The van der Waals surface area contributed by atoms with Gasteiger partial charge in [-0.25, -0.2) is 4.39 Å². The Morgan fingerprint density at radius 3 is 2.71 bits per heavy atom. The van der Waals surface area contributed by atoms with Gasteiger partial charge in [-0.3, -0.25) is 0 Å². The lowest BCUT2D eigenvalue weighted by molar-refractivity contribution is 0.134. The van der Waals surface area contributed by atoms with Gasteiger partial charge in [0.25, 0.3) is 0 Å². The minimum atomic E-state index is -0.673. The second-order valence-electron chi connectivity index (χ2n) is 4.27. The fourth-order valence-corrected chi connectivity index (χ4v) is 1.66. The molecule has 0 saturated heterocycles. The first-order chi connectivity index (χ1) is 8.06. The zero-order valence-corrected chi connectivity index (χ0v) is 10.3. The Hall–Kier alpha value is -0.970. The van der Waals surface area contributed by atoms with Crippen molar-refractivity contribution in [2.75, 3.05) is 13.2 Å². The first kappa shape index (κ1) is 14.1. The number of aliphatic hydroxyl groups excluding tert-OH is 2. The number of hydrogen-bond acceptors (Lipinski definition) is 3. The van der Waals surface area contributed by atoms with Crippen LogP contribution in [0.15, 0.2) is 18.2 Å². The molecular weight excluding hydrogens is 221 g/mol. The molecule has 2 unspecified atom stereocenters. The number of halogens is 1. The minimum absolute atomic E-state index is 0.130. The number of nitrogens with one attached hydrogen (secondary N) is 1. The Bertz CT molecular complexity index is 357. The summed E-state index contributed by atoms with van der Waals surface area (Å²) in [6.45, 7) is 4.32. The third-order valence-electron chi connectivity index (χ3n) is 2.80. The first-order valence-electron chi connectivity index (χ1n) is 5.84. The summed E-state index contributed by atoms with van der Waals surface area (Å²) in [4.78, 5) is 0. The van der Waals surface area contributed by atoms with Crippen molar-refractivity contribution in [3.05, 3.63) is 35.1 Å². The molecule has 3 nitrogen and oxygen atoms in total. The van der Waals surface area contributed by atoms with Gasteiger partial charge in [0.05, 0.1) is 6.10 Å². The molecule has 17 heavy (non-hydrogen) atoms. The van der Waals surface area contributed by atoms with Crippen molar-refractivity contribution in [2.24, 2.45) is 0 Å². The molecule has 0 bridgehead atoms. The van der Waals surface area contributed by atoms with Crippen molar-refractivity contribution in [1.82, 2.24) is 5.32 Å². The summed E-state index contributed by atoms with van der Waals surface area (Å²) in [5.41, 5.74) is 1.23. The third-order valence-corrected chi connectivity index (χ3v) is 2.80. The maximum absolute atomic E-state index is 13.1. The van der Waals surface area contributed by atoms with Crippen molar-refractivity contribution >= 4 is 0 Å². The minimum Gasteiger partial charge on any atom is -0.396 e. The summed E-state index contributed by atoms with van der Waals surface area (Å²) in [7, 11) is 0. The van der Waals surface area contributed by atoms with E-state index in [1.807, 2.05) is 6.92 Å². The molecule has 3 N–H and O–H groups in total. The van der Waals surface area contributed by atoms with Crippen molar-refractivity contribution in [3.63, 3.8) is 0 Å². The van der Waals surface area contributed by atoms with E-state index in [2.05, 4.69) is 5.32 Å². The molecule has 0 saturated carbocycles. The average Bonchev–Trinajstić information content (AvgIpc) is 2.32. The van der Waals surface area contributed by atoms with Crippen LogP contribution in [0.25, 0.3) is 0 Å². The summed E-state index contributed by atoms with van der Waals surface area (Å²) >= 11 is 0. The molecule has 0 amide bonds. The number of hydrogen-bond donors (Lipinski definition) is 3. The van der Waals surface area contributed by atoms with Crippen molar-refractivity contribution in [1.29, 1.82) is 0 Å². The van der Waals surface area contributed by atoms with E-state index in [1.54, 1.807) is 19.1 Å². The van der Waals surface area contributed by atoms with Gasteiger partial charge in [0.2, 0.25) is 0 Å². The van der Waals surface area contributed by atoms with Gasteiger partial charge in [0.15, 0.2) is 0 Å². The summed E-state index contributed by atoms with van der Waals surface area (Å²) in [6, 6.07) is 4.49. The van der Waals surface area contributed by atoms with Crippen molar-refractivity contribution in [2.45, 2.75) is 32.4 Å². The van der Waals surface area contributed by atoms with Crippen LogP contribution >= 0.6 is 0 Å². The SMILES string of the molecule is Cc1cc(C(O)C(C)NCCCO)ccc1F. The summed E-state index contributed by atoms with van der Waals surface area (Å²) in [5, 5.41) is 21.8. The monoisotopic (exact) mass is 241 g/mol. The van der Waals surface area contributed by atoms with Gasteiger partial charge in [0.1, 0.15) is 5.82 Å². The van der Waals surface area contributed by atoms with Crippen LogP contribution in [0.2, 0.25) is 0 Å². The van der Waals surface area contributed by atoms with Crippen LogP contribution in [0.3, 0.4) is 0 Å². The lowest BCUT2D eigenvalue weighted by atomic mass is 10.0. The van der Waals surface area contributed by atoms with Crippen LogP contribution in [0, 0.1) is 12.7 Å². The van der Waals surface area contributed by atoms with Crippen LogP contribution in [0.1, 0.15) is 30.6 Å². The second kappa shape index (κ2) is 6.69. The zero-order valence-electron chi connectivity index (χ0n) is 10.3. The Labute approximate surface area is 101 Å². The predicted octanol–water partition coefficient (Wildman–Crippen LogP) is 1.53. The van der Waals surface area contributed by atoms with Crippen LogP contribution in [0.5, 0.6) is 0 Å². The van der Waals surface area contributed by atoms with Gasteiger partial charge in [-0.05, 0) is 44.0 Å². The molecule has 0 aromatic heterocycles. The number of aryl methyl sites for hydroxylation is 1.